The maximum absolute atomic E-state index is 5.38. The maximum Gasteiger partial charge on any atom is 0.136 e. The van der Waals surface area contributed by atoms with E-state index in [2.05, 4.69) is 38.4 Å². The summed E-state index contributed by atoms with van der Waals surface area (Å²) in [6.45, 7) is 1.47. The van der Waals surface area contributed by atoms with Crippen LogP contribution in [0.25, 0.3) is 0 Å². The fourth-order valence-corrected chi connectivity index (χ4v) is 2.35. The summed E-state index contributed by atoms with van der Waals surface area (Å²) in [7, 11) is 0. The molecule has 0 unspecified atom stereocenters. The third-order valence-corrected chi connectivity index (χ3v) is 3.70. The number of halogens is 1. The van der Waals surface area contributed by atoms with E-state index in [1.165, 1.54) is 5.56 Å². The number of imidazole rings is 1. The number of aromatic nitrogens is 2. The van der Waals surface area contributed by atoms with Crippen LogP contribution in [-0.2, 0) is 13.1 Å². The van der Waals surface area contributed by atoms with Gasteiger partial charge in [0, 0.05) is 24.6 Å². The van der Waals surface area contributed by atoms with Crippen LogP contribution in [0.2, 0.25) is 0 Å². The van der Waals surface area contributed by atoms with Gasteiger partial charge in [-0.15, -0.1) is 0 Å². The number of nitrogens with one attached hydrogen (secondary N) is 1. The van der Waals surface area contributed by atoms with Crippen LogP contribution in [0, 0.1) is 0 Å². The second-order valence-electron chi connectivity index (χ2n) is 4.48. The van der Waals surface area contributed by atoms with Crippen LogP contribution in [0.15, 0.2) is 64.2 Å². The first-order chi connectivity index (χ1) is 9.81. The molecule has 0 radical (unpaired) electrons. The highest BCUT2D eigenvalue weighted by atomic mass is 79.9. The Kier molecular flexibility index (Phi) is 3.87. The zero-order valence-corrected chi connectivity index (χ0v) is 12.4. The summed E-state index contributed by atoms with van der Waals surface area (Å²) < 4.78 is 8.41. The van der Waals surface area contributed by atoms with Gasteiger partial charge < -0.3 is 14.3 Å². The van der Waals surface area contributed by atoms with E-state index in [4.69, 9.17) is 4.42 Å². The average Bonchev–Trinajstić information content (AvgIpc) is 3.09. The lowest BCUT2D eigenvalue weighted by Crippen LogP contribution is -2.01. The fourth-order valence-electron chi connectivity index (χ4n) is 2.00. The van der Waals surface area contributed by atoms with Crippen LogP contribution in [0.3, 0.4) is 0 Å². The van der Waals surface area contributed by atoms with Gasteiger partial charge in [0.2, 0.25) is 0 Å². The summed E-state index contributed by atoms with van der Waals surface area (Å²) in [6.07, 6.45) is 7.24. The molecule has 5 heteroatoms. The second-order valence-corrected chi connectivity index (χ2v) is 5.33. The SMILES string of the molecule is Brc1ccoc1CNc1cccc(Cn2ccnc2)c1. The molecule has 0 aliphatic rings. The van der Waals surface area contributed by atoms with Gasteiger partial charge in [-0.1, -0.05) is 12.1 Å². The molecule has 0 saturated heterocycles. The van der Waals surface area contributed by atoms with E-state index in [0.717, 1.165) is 22.5 Å². The van der Waals surface area contributed by atoms with Crippen LogP contribution < -0.4 is 5.32 Å². The highest BCUT2D eigenvalue weighted by Crippen LogP contribution is 2.19. The highest BCUT2D eigenvalue weighted by molar-refractivity contribution is 9.10. The van der Waals surface area contributed by atoms with Crippen molar-refractivity contribution in [2.45, 2.75) is 13.1 Å². The summed E-state index contributed by atoms with van der Waals surface area (Å²) in [6, 6.07) is 10.2. The van der Waals surface area contributed by atoms with Gasteiger partial charge >= 0.3 is 0 Å². The minimum Gasteiger partial charge on any atom is -0.466 e. The molecule has 2 heterocycles. The number of furan rings is 1. The number of benzene rings is 1. The second kappa shape index (κ2) is 5.96. The summed E-state index contributed by atoms with van der Waals surface area (Å²) in [5.74, 6) is 0.894. The normalized spacial score (nSPS) is 10.7. The smallest absolute Gasteiger partial charge is 0.136 e. The number of rotatable bonds is 5. The molecule has 0 fully saturated rings. The molecule has 20 heavy (non-hydrogen) atoms. The van der Waals surface area contributed by atoms with Crippen molar-refractivity contribution in [1.82, 2.24) is 9.55 Å². The Morgan fingerprint density at radius 1 is 1.30 bits per heavy atom. The Morgan fingerprint density at radius 3 is 3.00 bits per heavy atom. The minimum atomic E-state index is 0.655. The Balaban J connectivity index is 1.67. The molecule has 0 spiro atoms. The lowest BCUT2D eigenvalue weighted by Gasteiger charge is -2.08. The van der Waals surface area contributed by atoms with Crippen molar-refractivity contribution >= 4 is 21.6 Å². The van der Waals surface area contributed by atoms with Gasteiger partial charge in [0.1, 0.15) is 5.76 Å². The van der Waals surface area contributed by atoms with E-state index in [-0.39, 0.29) is 0 Å². The highest BCUT2D eigenvalue weighted by Gasteiger charge is 2.03. The van der Waals surface area contributed by atoms with E-state index in [1.807, 2.05) is 35.3 Å². The summed E-state index contributed by atoms with van der Waals surface area (Å²) in [5.41, 5.74) is 2.30. The van der Waals surface area contributed by atoms with Crippen molar-refractivity contribution in [3.05, 3.63) is 71.1 Å². The zero-order valence-electron chi connectivity index (χ0n) is 10.8. The molecular formula is C15H14BrN3O. The predicted molar refractivity (Wildman–Crippen MR) is 81.5 cm³/mol. The van der Waals surface area contributed by atoms with Crippen molar-refractivity contribution in [2.75, 3.05) is 5.32 Å². The summed E-state index contributed by atoms with van der Waals surface area (Å²) in [5, 5.41) is 3.36. The molecule has 2 aromatic heterocycles. The van der Waals surface area contributed by atoms with Crippen molar-refractivity contribution in [1.29, 1.82) is 0 Å². The average molecular weight is 332 g/mol. The van der Waals surface area contributed by atoms with Gasteiger partial charge in [0.15, 0.2) is 0 Å². The molecule has 3 rings (SSSR count). The van der Waals surface area contributed by atoms with E-state index in [9.17, 15) is 0 Å². The summed E-state index contributed by atoms with van der Waals surface area (Å²) >= 11 is 3.45. The van der Waals surface area contributed by atoms with Gasteiger partial charge in [0.05, 0.1) is 23.6 Å². The van der Waals surface area contributed by atoms with Crippen molar-refractivity contribution in [3.63, 3.8) is 0 Å². The first kappa shape index (κ1) is 13.0. The molecule has 102 valence electrons. The largest absolute Gasteiger partial charge is 0.466 e. The Hall–Kier alpha value is -2.01. The maximum atomic E-state index is 5.38. The number of hydrogen-bond donors (Lipinski definition) is 1. The lowest BCUT2D eigenvalue weighted by molar-refractivity contribution is 0.516. The number of hydrogen-bond acceptors (Lipinski definition) is 3. The van der Waals surface area contributed by atoms with Crippen molar-refractivity contribution in [3.8, 4) is 0 Å². The third kappa shape index (κ3) is 3.11. The molecule has 0 atom stereocenters. The van der Waals surface area contributed by atoms with E-state index >= 15 is 0 Å². The molecule has 1 aromatic carbocycles. The molecule has 0 saturated carbocycles. The number of anilines is 1. The topological polar surface area (TPSA) is 43.0 Å². The van der Waals surface area contributed by atoms with Crippen LogP contribution in [0.4, 0.5) is 5.69 Å². The van der Waals surface area contributed by atoms with E-state index < -0.39 is 0 Å². The Bertz CT molecular complexity index is 676. The van der Waals surface area contributed by atoms with Crippen LogP contribution in [0.5, 0.6) is 0 Å². The fraction of sp³-hybridized carbons (Fsp3) is 0.133. The summed E-state index contributed by atoms with van der Waals surface area (Å²) in [4.78, 5) is 4.05. The van der Waals surface area contributed by atoms with Gasteiger partial charge in [-0.25, -0.2) is 4.98 Å². The standard InChI is InChI=1S/C15H14BrN3O/c16-14-4-7-20-15(14)9-18-13-3-1-2-12(8-13)10-19-6-5-17-11-19/h1-8,11,18H,9-10H2. The number of nitrogens with zero attached hydrogens (tertiary/aromatic N) is 2. The van der Waals surface area contributed by atoms with Crippen LogP contribution in [0.1, 0.15) is 11.3 Å². The monoisotopic (exact) mass is 331 g/mol. The van der Waals surface area contributed by atoms with E-state index in [0.29, 0.717) is 6.54 Å². The first-order valence-electron chi connectivity index (χ1n) is 6.32. The van der Waals surface area contributed by atoms with Gasteiger partial charge in [-0.3, -0.25) is 0 Å². The Labute approximate surface area is 125 Å². The molecule has 0 amide bonds. The van der Waals surface area contributed by atoms with E-state index in [1.54, 1.807) is 12.5 Å². The predicted octanol–water partition coefficient (Wildman–Crippen LogP) is 3.90. The molecule has 0 aliphatic carbocycles. The molecule has 4 nitrogen and oxygen atoms in total. The quantitative estimate of drug-likeness (QED) is 0.771. The van der Waals surface area contributed by atoms with Crippen LogP contribution in [-0.4, -0.2) is 9.55 Å². The van der Waals surface area contributed by atoms with Gasteiger partial charge in [-0.05, 0) is 39.7 Å². The minimum absolute atomic E-state index is 0.655. The zero-order chi connectivity index (χ0) is 13.8. The van der Waals surface area contributed by atoms with Crippen molar-refractivity contribution in [2.24, 2.45) is 0 Å². The molecule has 0 aliphatic heterocycles. The molecule has 1 N–H and O–H groups in total. The van der Waals surface area contributed by atoms with Crippen molar-refractivity contribution < 1.29 is 4.42 Å². The lowest BCUT2D eigenvalue weighted by atomic mass is 10.2. The molecular weight excluding hydrogens is 318 g/mol. The van der Waals surface area contributed by atoms with Crippen LogP contribution >= 0.6 is 15.9 Å². The first-order valence-corrected chi connectivity index (χ1v) is 7.11. The third-order valence-electron chi connectivity index (χ3n) is 3.00. The Morgan fingerprint density at radius 2 is 2.25 bits per heavy atom. The molecule has 0 bridgehead atoms. The van der Waals surface area contributed by atoms with Gasteiger partial charge in [-0.2, -0.15) is 0 Å². The van der Waals surface area contributed by atoms with Gasteiger partial charge in [0.25, 0.3) is 0 Å². The molecule has 3 aromatic rings.